The maximum atomic E-state index is 11.2. The Bertz CT molecular complexity index is 305. The van der Waals surface area contributed by atoms with E-state index in [0.717, 1.165) is 4.47 Å². The van der Waals surface area contributed by atoms with Crippen molar-refractivity contribution in [3.05, 3.63) is 33.3 Å². The molecule has 0 radical (unpaired) electrons. The number of esters is 1. The van der Waals surface area contributed by atoms with E-state index in [2.05, 4.69) is 15.9 Å². The minimum atomic E-state index is -0.356. The average Bonchev–Trinajstić information content (AvgIpc) is 2.03. The summed E-state index contributed by atoms with van der Waals surface area (Å²) < 4.78 is 5.59. The van der Waals surface area contributed by atoms with E-state index in [0.29, 0.717) is 17.2 Å². The first-order valence-electron chi connectivity index (χ1n) is 3.76. The Hall–Kier alpha value is -0.540. The quantitative estimate of drug-likeness (QED) is 0.766. The molecular weight excluding hydrogens is 255 g/mol. The normalized spacial score (nSPS) is 9.77. The Morgan fingerprint density at radius 1 is 1.54 bits per heavy atom. The van der Waals surface area contributed by atoms with Gasteiger partial charge in [0.05, 0.1) is 12.2 Å². The van der Waals surface area contributed by atoms with Gasteiger partial charge in [0.2, 0.25) is 0 Å². The fraction of sp³-hybridized carbons (Fsp3) is 0.222. The number of ether oxygens (including phenoxy) is 1. The highest BCUT2D eigenvalue weighted by atomic mass is 79.9. The number of halogens is 2. The zero-order chi connectivity index (χ0) is 9.84. The first-order valence-corrected chi connectivity index (χ1v) is 4.94. The Kier molecular flexibility index (Phi) is 3.75. The maximum absolute atomic E-state index is 11.2. The van der Waals surface area contributed by atoms with Gasteiger partial charge in [0.25, 0.3) is 0 Å². The van der Waals surface area contributed by atoms with Crippen LogP contribution in [0.2, 0.25) is 5.02 Å². The standard InChI is InChI=1S/C9H8BrClO2/c1-2-13-9(12)6-3-7(10)5-8(11)4-6/h3-5H,2H2,1H3. The molecule has 0 bridgehead atoms. The van der Waals surface area contributed by atoms with E-state index in [9.17, 15) is 4.79 Å². The van der Waals surface area contributed by atoms with Crippen LogP contribution in [-0.4, -0.2) is 12.6 Å². The molecule has 0 unspecified atom stereocenters. The summed E-state index contributed by atoms with van der Waals surface area (Å²) in [6.45, 7) is 2.13. The van der Waals surface area contributed by atoms with Crippen LogP contribution in [0.3, 0.4) is 0 Å². The second-order valence-electron chi connectivity index (χ2n) is 2.38. The number of carbonyl (C=O) groups is 1. The van der Waals surface area contributed by atoms with Gasteiger partial charge in [0.15, 0.2) is 0 Å². The summed E-state index contributed by atoms with van der Waals surface area (Å²) in [5.74, 6) is -0.356. The predicted molar refractivity (Wildman–Crippen MR) is 55.1 cm³/mol. The molecule has 13 heavy (non-hydrogen) atoms. The molecule has 0 heterocycles. The van der Waals surface area contributed by atoms with Crippen molar-refractivity contribution in [2.24, 2.45) is 0 Å². The van der Waals surface area contributed by atoms with Crippen LogP contribution < -0.4 is 0 Å². The summed E-state index contributed by atoms with van der Waals surface area (Å²) in [5, 5.41) is 0.512. The van der Waals surface area contributed by atoms with Gasteiger partial charge < -0.3 is 4.74 Å². The van der Waals surface area contributed by atoms with Crippen molar-refractivity contribution < 1.29 is 9.53 Å². The summed E-state index contributed by atoms with van der Waals surface area (Å²) in [6, 6.07) is 4.96. The summed E-state index contributed by atoms with van der Waals surface area (Å²) in [4.78, 5) is 11.2. The first-order chi connectivity index (χ1) is 6.13. The molecule has 1 aromatic rings. The summed E-state index contributed by atoms with van der Waals surface area (Å²) in [6.07, 6.45) is 0. The van der Waals surface area contributed by atoms with Crippen molar-refractivity contribution in [1.29, 1.82) is 0 Å². The molecule has 1 aromatic carbocycles. The van der Waals surface area contributed by atoms with Crippen molar-refractivity contribution in [2.45, 2.75) is 6.92 Å². The number of rotatable bonds is 2. The molecule has 0 aromatic heterocycles. The van der Waals surface area contributed by atoms with E-state index in [4.69, 9.17) is 16.3 Å². The number of hydrogen-bond acceptors (Lipinski definition) is 2. The van der Waals surface area contributed by atoms with Gasteiger partial charge in [-0.3, -0.25) is 0 Å². The number of benzene rings is 1. The molecule has 70 valence electrons. The van der Waals surface area contributed by atoms with Gasteiger partial charge >= 0.3 is 5.97 Å². The van der Waals surface area contributed by atoms with Crippen LogP contribution in [0, 0.1) is 0 Å². The third-order valence-electron chi connectivity index (χ3n) is 1.37. The molecule has 0 spiro atoms. The molecule has 0 N–H and O–H groups in total. The van der Waals surface area contributed by atoms with Gasteiger partial charge in [-0.1, -0.05) is 27.5 Å². The molecule has 0 saturated heterocycles. The van der Waals surface area contributed by atoms with Gasteiger partial charge in [0.1, 0.15) is 0 Å². The van der Waals surface area contributed by atoms with Crippen LogP contribution in [0.25, 0.3) is 0 Å². The van der Waals surface area contributed by atoms with E-state index < -0.39 is 0 Å². The van der Waals surface area contributed by atoms with Crippen molar-refractivity contribution in [3.8, 4) is 0 Å². The number of carbonyl (C=O) groups excluding carboxylic acids is 1. The van der Waals surface area contributed by atoms with E-state index in [-0.39, 0.29) is 5.97 Å². The van der Waals surface area contributed by atoms with Gasteiger partial charge in [-0.15, -0.1) is 0 Å². The van der Waals surface area contributed by atoms with Crippen molar-refractivity contribution in [3.63, 3.8) is 0 Å². The van der Waals surface area contributed by atoms with Gasteiger partial charge in [0, 0.05) is 9.50 Å². The molecular formula is C9H8BrClO2. The Morgan fingerprint density at radius 3 is 2.77 bits per heavy atom. The largest absolute Gasteiger partial charge is 0.462 e. The lowest BCUT2D eigenvalue weighted by Gasteiger charge is -2.02. The second-order valence-corrected chi connectivity index (χ2v) is 3.73. The van der Waals surface area contributed by atoms with Gasteiger partial charge in [-0.05, 0) is 25.1 Å². The van der Waals surface area contributed by atoms with Gasteiger partial charge in [-0.2, -0.15) is 0 Å². The molecule has 0 fully saturated rings. The monoisotopic (exact) mass is 262 g/mol. The molecule has 0 aliphatic heterocycles. The van der Waals surface area contributed by atoms with E-state index in [1.54, 1.807) is 25.1 Å². The Balaban J connectivity index is 2.94. The molecule has 4 heteroatoms. The van der Waals surface area contributed by atoms with Gasteiger partial charge in [-0.25, -0.2) is 4.79 Å². The lowest BCUT2D eigenvalue weighted by Crippen LogP contribution is -2.04. The Labute approximate surface area is 90.0 Å². The molecule has 0 aliphatic carbocycles. The smallest absolute Gasteiger partial charge is 0.338 e. The number of hydrogen-bond donors (Lipinski definition) is 0. The molecule has 0 amide bonds. The van der Waals surface area contributed by atoms with Crippen molar-refractivity contribution in [1.82, 2.24) is 0 Å². The van der Waals surface area contributed by atoms with Crippen LogP contribution in [0.4, 0.5) is 0 Å². The lowest BCUT2D eigenvalue weighted by atomic mass is 10.2. The lowest BCUT2D eigenvalue weighted by molar-refractivity contribution is 0.0526. The molecule has 0 aliphatic rings. The zero-order valence-corrected chi connectivity index (χ0v) is 9.35. The van der Waals surface area contributed by atoms with Crippen LogP contribution in [0.15, 0.2) is 22.7 Å². The molecule has 2 nitrogen and oxygen atoms in total. The topological polar surface area (TPSA) is 26.3 Å². The van der Waals surface area contributed by atoms with Crippen molar-refractivity contribution >= 4 is 33.5 Å². The Morgan fingerprint density at radius 2 is 2.23 bits per heavy atom. The van der Waals surface area contributed by atoms with Crippen LogP contribution in [0.1, 0.15) is 17.3 Å². The van der Waals surface area contributed by atoms with E-state index in [1.165, 1.54) is 0 Å². The minimum Gasteiger partial charge on any atom is -0.462 e. The molecule has 0 saturated carbocycles. The average molecular weight is 264 g/mol. The minimum absolute atomic E-state index is 0.356. The van der Waals surface area contributed by atoms with Crippen LogP contribution in [-0.2, 0) is 4.74 Å². The third kappa shape index (κ3) is 3.01. The van der Waals surface area contributed by atoms with E-state index >= 15 is 0 Å². The maximum Gasteiger partial charge on any atom is 0.338 e. The SMILES string of the molecule is CCOC(=O)c1cc(Cl)cc(Br)c1. The van der Waals surface area contributed by atoms with Crippen LogP contribution in [0.5, 0.6) is 0 Å². The highest BCUT2D eigenvalue weighted by Crippen LogP contribution is 2.19. The first kappa shape index (κ1) is 10.5. The summed E-state index contributed by atoms with van der Waals surface area (Å²) >= 11 is 9.00. The van der Waals surface area contributed by atoms with E-state index in [1.807, 2.05) is 0 Å². The second kappa shape index (κ2) is 4.63. The zero-order valence-electron chi connectivity index (χ0n) is 7.01. The van der Waals surface area contributed by atoms with Crippen molar-refractivity contribution in [2.75, 3.05) is 6.61 Å². The van der Waals surface area contributed by atoms with Crippen LogP contribution >= 0.6 is 27.5 Å². The third-order valence-corrected chi connectivity index (χ3v) is 2.05. The highest BCUT2D eigenvalue weighted by Gasteiger charge is 2.07. The highest BCUT2D eigenvalue weighted by molar-refractivity contribution is 9.10. The predicted octanol–water partition coefficient (Wildman–Crippen LogP) is 3.28. The summed E-state index contributed by atoms with van der Waals surface area (Å²) in [7, 11) is 0. The molecule has 1 rings (SSSR count). The fourth-order valence-electron chi connectivity index (χ4n) is 0.886. The fourth-order valence-corrected chi connectivity index (χ4v) is 1.75. The summed E-state index contributed by atoms with van der Waals surface area (Å²) in [5.41, 5.74) is 0.459. The molecule has 0 atom stereocenters.